The lowest BCUT2D eigenvalue weighted by molar-refractivity contribution is -0.0894. The lowest BCUT2D eigenvalue weighted by Gasteiger charge is -2.45. The monoisotopic (exact) mass is 339 g/mol. The van der Waals surface area contributed by atoms with E-state index in [0.717, 1.165) is 30.6 Å². The number of hydrogen-bond donors (Lipinski definition) is 0. The Morgan fingerprint density at radius 3 is 3.15 bits per heavy atom. The summed E-state index contributed by atoms with van der Waals surface area (Å²) in [5.74, 6) is -0.00472. The van der Waals surface area contributed by atoms with Crippen molar-refractivity contribution in [3.05, 3.63) is 28.5 Å². The molecule has 1 amide bonds. The van der Waals surface area contributed by atoms with E-state index in [4.69, 9.17) is 4.74 Å². The van der Waals surface area contributed by atoms with E-state index in [0.29, 0.717) is 18.3 Å². The summed E-state index contributed by atoms with van der Waals surface area (Å²) in [6, 6.07) is 3.96. The van der Waals surface area contributed by atoms with Crippen molar-refractivity contribution in [2.45, 2.75) is 18.6 Å². The number of carbonyl (C=O) groups is 1. The third-order valence-corrected chi connectivity index (χ3v) is 4.75. The van der Waals surface area contributed by atoms with Gasteiger partial charge in [-0.1, -0.05) is 0 Å². The first-order valence-corrected chi connectivity index (χ1v) is 7.68. The van der Waals surface area contributed by atoms with Crippen molar-refractivity contribution in [3.8, 4) is 0 Å². The second-order valence-electron chi connectivity index (χ2n) is 5.33. The molecule has 3 rings (SSSR count). The van der Waals surface area contributed by atoms with Gasteiger partial charge >= 0.3 is 0 Å². The molecular formula is C14H18BrN3O2. The number of fused-ring (bicyclic) bond motifs is 1. The fourth-order valence-corrected chi connectivity index (χ4v) is 3.34. The van der Waals surface area contributed by atoms with Crippen LogP contribution >= 0.6 is 15.9 Å². The second-order valence-corrected chi connectivity index (χ2v) is 6.19. The predicted molar refractivity (Wildman–Crippen MR) is 78.6 cm³/mol. The van der Waals surface area contributed by atoms with Crippen LogP contribution in [0, 0.1) is 0 Å². The molecule has 1 aromatic heterocycles. The molecule has 0 bridgehead atoms. The Kier molecular flexibility index (Phi) is 4.05. The Balaban J connectivity index is 1.75. The molecule has 6 heteroatoms. The van der Waals surface area contributed by atoms with Gasteiger partial charge in [-0.3, -0.25) is 9.69 Å². The van der Waals surface area contributed by atoms with E-state index in [1.807, 2.05) is 17.0 Å². The summed E-state index contributed by atoms with van der Waals surface area (Å²) in [7, 11) is 2.10. The number of amides is 1. The molecular weight excluding hydrogens is 322 g/mol. The molecule has 5 nitrogen and oxygen atoms in total. The van der Waals surface area contributed by atoms with Gasteiger partial charge < -0.3 is 9.64 Å². The van der Waals surface area contributed by atoms with E-state index in [2.05, 4.69) is 32.9 Å². The molecule has 0 radical (unpaired) electrons. The molecule has 2 aliphatic heterocycles. The quantitative estimate of drug-likeness (QED) is 0.775. The zero-order valence-corrected chi connectivity index (χ0v) is 13.0. The average Bonchev–Trinajstić information content (AvgIpc) is 2.47. The SMILES string of the molecule is CN1CCOC2CCN(C(=O)c3ncccc3Br)CC21. The first-order chi connectivity index (χ1) is 9.66. The van der Waals surface area contributed by atoms with Gasteiger partial charge in [0.25, 0.3) is 5.91 Å². The maximum Gasteiger partial charge on any atom is 0.273 e. The van der Waals surface area contributed by atoms with Crippen molar-refractivity contribution in [2.24, 2.45) is 0 Å². The third kappa shape index (κ3) is 2.60. The first-order valence-electron chi connectivity index (χ1n) is 6.88. The van der Waals surface area contributed by atoms with Gasteiger partial charge in [0.05, 0.1) is 18.8 Å². The zero-order chi connectivity index (χ0) is 14.1. The van der Waals surface area contributed by atoms with Crippen molar-refractivity contribution >= 4 is 21.8 Å². The number of aromatic nitrogens is 1. The molecule has 20 heavy (non-hydrogen) atoms. The number of carbonyl (C=O) groups excluding carboxylic acids is 1. The van der Waals surface area contributed by atoms with Crippen LogP contribution in [-0.2, 0) is 4.74 Å². The Bertz CT molecular complexity index is 511. The van der Waals surface area contributed by atoms with Crippen LogP contribution in [0.4, 0.5) is 0 Å². The minimum absolute atomic E-state index is 0.00472. The lowest BCUT2D eigenvalue weighted by atomic mass is 9.99. The molecule has 1 aromatic rings. The number of hydrogen-bond acceptors (Lipinski definition) is 4. The van der Waals surface area contributed by atoms with Crippen molar-refractivity contribution < 1.29 is 9.53 Å². The Morgan fingerprint density at radius 2 is 2.35 bits per heavy atom. The summed E-state index contributed by atoms with van der Waals surface area (Å²) in [6.45, 7) is 3.16. The van der Waals surface area contributed by atoms with Gasteiger partial charge in [-0.05, 0) is 41.5 Å². The number of morpholine rings is 1. The van der Waals surface area contributed by atoms with E-state index < -0.39 is 0 Å². The number of nitrogens with zero attached hydrogens (tertiary/aromatic N) is 3. The smallest absolute Gasteiger partial charge is 0.273 e. The summed E-state index contributed by atoms with van der Waals surface area (Å²) < 4.78 is 6.56. The summed E-state index contributed by atoms with van der Waals surface area (Å²) in [5, 5.41) is 0. The maximum atomic E-state index is 12.6. The highest BCUT2D eigenvalue weighted by molar-refractivity contribution is 9.10. The predicted octanol–water partition coefficient (Wildman–Crippen LogP) is 1.39. The van der Waals surface area contributed by atoms with Crippen LogP contribution in [0.3, 0.4) is 0 Å². The Hall–Kier alpha value is -0.980. The topological polar surface area (TPSA) is 45.7 Å². The molecule has 0 saturated carbocycles. The van der Waals surface area contributed by atoms with Crippen LogP contribution < -0.4 is 0 Å². The minimum atomic E-state index is -0.00472. The van der Waals surface area contributed by atoms with Crippen LogP contribution in [0.25, 0.3) is 0 Å². The lowest BCUT2D eigenvalue weighted by Crippen LogP contribution is -2.59. The molecule has 2 fully saturated rings. The molecule has 3 heterocycles. The van der Waals surface area contributed by atoms with E-state index >= 15 is 0 Å². The number of likely N-dealkylation sites (N-methyl/N-ethyl adjacent to an activating group) is 1. The van der Waals surface area contributed by atoms with Crippen LogP contribution in [0.15, 0.2) is 22.8 Å². The Morgan fingerprint density at radius 1 is 1.50 bits per heavy atom. The normalized spacial score (nSPS) is 27.2. The van der Waals surface area contributed by atoms with Crippen LogP contribution in [0.2, 0.25) is 0 Å². The molecule has 108 valence electrons. The summed E-state index contributed by atoms with van der Waals surface area (Å²) >= 11 is 3.40. The molecule has 0 spiro atoms. The molecule has 2 saturated heterocycles. The fraction of sp³-hybridized carbons (Fsp3) is 0.571. The molecule has 0 N–H and O–H groups in total. The van der Waals surface area contributed by atoms with Crippen LogP contribution in [0.1, 0.15) is 16.9 Å². The first kappa shape index (κ1) is 14.0. The van der Waals surface area contributed by atoms with Crippen molar-refractivity contribution in [1.29, 1.82) is 0 Å². The molecule has 2 atom stereocenters. The van der Waals surface area contributed by atoms with E-state index in [1.54, 1.807) is 6.20 Å². The van der Waals surface area contributed by atoms with Gasteiger partial charge in [-0.2, -0.15) is 0 Å². The van der Waals surface area contributed by atoms with E-state index in [1.165, 1.54) is 0 Å². The molecule has 0 aliphatic carbocycles. The summed E-state index contributed by atoms with van der Waals surface area (Å²) in [5.41, 5.74) is 0.491. The van der Waals surface area contributed by atoms with Gasteiger partial charge in [0.2, 0.25) is 0 Å². The number of halogens is 1. The minimum Gasteiger partial charge on any atom is -0.375 e. The van der Waals surface area contributed by atoms with Gasteiger partial charge in [0, 0.05) is 30.3 Å². The zero-order valence-electron chi connectivity index (χ0n) is 11.5. The molecule has 2 unspecified atom stereocenters. The highest BCUT2D eigenvalue weighted by Gasteiger charge is 2.37. The van der Waals surface area contributed by atoms with Gasteiger partial charge in [-0.25, -0.2) is 4.98 Å². The summed E-state index contributed by atoms with van der Waals surface area (Å²) in [4.78, 5) is 21.0. The van der Waals surface area contributed by atoms with Crippen molar-refractivity contribution in [2.75, 3.05) is 33.3 Å². The van der Waals surface area contributed by atoms with Gasteiger partial charge in [0.15, 0.2) is 0 Å². The Labute approximate surface area is 127 Å². The molecule has 0 aromatic carbocycles. The second kappa shape index (κ2) is 5.79. The van der Waals surface area contributed by atoms with Gasteiger partial charge in [0.1, 0.15) is 5.69 Å². The van der Waals surface area contributed by atoms with Gasteiger partial charge in [-0.15, -0.1) is 0 Å². The number of ether oxygens (including phenoxy) is 1. The standard InChI is InChI=1S/C14H18BrN3O2/c1-17-7-8-20-12-4-6-18(9-11(12)17)14(19)13-10(15)3-2-5-16-13/h2-3,5,11-12H,4,6-9H2,1H3. The molecule has 2 aliphatic rings. The van der Waals surface area contributed by atoms with Crippen LogP contribution in [0.5, 0.6) is 0 Å². The fourth-order valence-electron chi connectivity index (χ4n) is 2.92. The number of piperidine rings is 1. The third-order valence-electron chi connectivity index (χ3n) is 4.11. The maximum absolute atomic E-state index is 12.6. The highest BCUT2D eigenvalue weighted by Crippen LogP contribution is 2.24. The van der Waals surface area contributed by atoms with Crippen LogP contribution in [-0.4, -0.2) is 66.1 Å². The highest BCUT2D eigenvalue weighted by atomic mass is 79.9. The van der Waals surface area contributed by atoms with E-state index in [9.17, 15) is 4.79 Å². The number of rotatable bonds is 1. The number of pyridine rings is 1. The summed E-state index contributed by atoms with van der Waals surface area (Å²) in [6.07, 6.45) is 2.80. The largest absolute Gasteiger partial charge is 0.375 e. The number of likely N-dealkylation sites (tertiary alicyclic amines) is 1. The average molecular weight is 340 g/mol. The van der Waals surface area contributed by atoms with E-state index in [-0.39, 0.29) is 12.0 Å². The van der Waals surface area contributed by atoms with Crippen molar-refractivity contribution in [3.63, 3.8) is 0 Å². The van der Waals surface area contributed by atoms with Crippen molar-refractivity contribution in [1.82, 2.24) is 14.8 Å².